The summed E-state index contributed by atoms with van der Waals surface area (Å²) in [6.45, 7) is 2.76. The van der Waals surface area contributed by atoms with Crippen molar-refractivity contribution in [3.05, 3.63) is 64.7 Å². The molecule has 0 aliphatic carbocycles. The quantitative estimate of drug-likeness (QED) is 0.444. The molecule has 0 bridgehead atoms. The van der Waals surface area contributed by atoms with Gasteiger partial charge in [0.2, 0.25) is 5.91 Å². The first-order chi connectivity index (χ1) is 14.9. The van der Waals surface area contributed by atoms with E-state index in [-0.39, 0.29) is 24.6 Å². The SMILES string of the molecule is CC[NH+](CC(=O)Nc1ccc(OC)cc1)Cc1nc2ccccc2c(=O)n1CC(N)=O. The van der Waals surface area contributed by atoms with Crippen LogP contribution < -0.4 is 26.2 Å². The van der Waals surface area contributed by atoms with E-state index in [1.807, 2.05) is 6.92 Å². The number of quaternary nitrogens is 1. The summed E-state index contributed by atoms with van der Waals surface area (Å²) in [5, 5.41) is 3.27. The van der Waals surface area contributed by atoms with Gasteiger partial charge in [-0.1, -0.05) is 12.1 Å². The average molecular weight is 424 g/mol. The summed E-state index contributed by atoms with van der Waals surface area (Å²) in [4.78, 5) is 42.4. The Labute approximate surface area is 179 Å². The highest BCUT2D eigenvalue weighted by Crippen LogP contribution is 2.14. The molecule has 1 heterocycles. The number of ether oxygens (including phenoxy) is 1. The standard InChI is InChI=1S/C22H25N5O4/c1-3-26(14-21(29)24-15-8-10-16(31-2)11-9-15)13-20-25-18-7-5-4-6-17(18)22(30)27(20)12-19(23)28/h4-11H,3,12-14H2,1-2H3,(H2,23,28)(H,24,29)/p+1. The Hall–Kier alpha value is -3.72. The van der Waals surface area contributed by atoms with E-state index >= 15 is 0 Å². The number of methoxy groups -OCH3 is 1. The summed E-state index contributed by atoms with van der Waals surface area (Å²) in [5.74, 6) is 0.313. The number of fused-ring (bicyclic) bond motifs is 1. The van der Waals surface area contributed by atoms with Crippen molar-refractivity contribution < 1.29 is 19.2 Å². The maximum atomic E-state index is 12.9. The van der Waals surface area contributed by atoms with E-state index in [2.05, 4.69) is 10.3 Å². The molecule has 2 amide bonds. The number of carbonyl (C=O) groups is 2. The number of para-hydroxylation sites is 1. The second-order valence-electron chi connectivity index (χ2n) is 7.14. The number of hydrogen-bond donors (Lipinski definition) is 3. The van der Waals surface area contributed by atoms with Crippen LogP contribution in [0.1, 0.15) is 12.7 Å². The minimum absolute atomic E-state index is 0.168. The molecule has 162 valence electrons. The monoisotopic (exact) mass is 424 g/mol. The summed E-state index contributed by atoms with van der Waals surface area (Å²) in [5.41, 5.74) is 6.23. The number of nitrogens with one attached hydrogen (secondary N) is 2. The van der Waals surface area contributed by atoms with Crippen molar-refractivity contribution in [3.8, 4) is 5.75 Å². The van der Waals surface area contributed by atoms with Gasteiger partial charge in [-0.3, -0.25) is 19.0 Å². The number of hydrogen-bond acceptors (Lipinski definition) is 5. The van der Waals surface area contributed by atoms with Crippen molar-refractivity contribution in [2.24, 2.45) is 5.73 Å². The highest BCUT2D eigenvalue weighted by Gasteiger charge is 2.19. The normalized spacial score (nSPS) is 11.8. The molecule has 9 heteroatoms. The molecular formula is C22H26N5O4+. The van der Waals surface area contributed by atoms with Gasteiger partial charge in [-0.2, -0.15) is 0 Å². The van der Waals surface area contributed by atoms with Crippen LogP contribution >= 0.6 is 0 Å². The van der Waals surface area contributed by atoms with Crippen LogP contribution in [-0.2, 0) is 22.7 Å². The molecule has 0 aliphatic rings. The van der Waals surface area contributed by atoms with Crippen LogP contribution in [-0.4, -0.2) is 41.6 Å². The van der Waals surface area contributed by atoms with E-state index in [1.54, 1.807) is 55.6 Å². The van der Waals surface area contributed by atoms with E-state index in [9.17, 15) is 14.4 Å². The third kappa shape index (κ3) is 5.46. The van der Waals surface area contributed by atoms with E-state index in [0.717, 1.165) is 4.90 Å². The smallest absolute Gasteiger partial charge is 0.279 e. The first-order valence-corrected chi connectivity index (χ1v) is 9.95. The first-order valence-electron chi connectivity index (χ1n) is 9.95. The Morgan fingerprint density at radius 3 is 2.52 bits per heavy atom. The Bertz CT molecular complexity index is 1140. The molecule has 4 N–H and O–H groups in total. The lowest BCUT2D eigenvalue weighted by Crippen LogP contribution is -3.11. The minimum atomic E-state index is -0.629. The molecule has 0 saturated heterocycles. The van der Waals surface area contributed by atoms with Crippen molar-refractivity contribution in [1.82, 2.24) is 9.55 Å². The molecule has 1 atom stereocenters. The van der Waals surface area contributed by atoms with Crippen LogP contribution in [0.4, 0.5) is 5.69 Å². The van der Waals surface area contributed by atoms with Crippen molar-refractivity contribution in [2.45, 2.75) is 20.0 Å². The molecule has 31 heavy (non-hydrogen) atoms. The molecule has 0 spiro atoms. The van der Waals surface area contributed by atoms with Gasteiger partial charge in [-0.25, -0.2) is 4.98 Å². The predicted octanol–water partition coefficient (Wildman–Crippen LogP) is -0.0661. The maximum Gasteiger partial charge on any atom is 0.279 e. The van der Waals surface area contributed by atoms with Gasteiger partial charge < -0.3 is 20.7 Å². The fourth-order valence-electron chi connectivity index (χ4n) is 3.31. The highest BCUT2D eigenvalue weighted by atomic mass is 16.5. The zero-order chi connectivity index (χ0) is 22.4. The third-order valence-corrected chi connectivity index (χ3v) is 4.95. The van der Waals surface area contributed by atoms with Gasteiger partial charge >= 0.3 is 0 Å². The topological polar surface area (TPSA) is 121 Å². The van der Waals surface area contributed by atoms with Crippen LogP contribution in [0, 0.1) is 0 Å². The van der Waals surface area contributed by atoms with Crippen LogP contribution in [0.5, 0.6) is 5.75 Å². The lowest BCUT2D eigenvalue weighted by Gasteiger charge is -2.19. The molecule has 3 aromatic rings. The zero-order valence-electron chi connectivity index (χ0n) is 17.6. The zero-order valence-corrected chi connectivity index (χ0v) is 17.6. The number of likely N-dealkylation sites (N-methyl/N-ethyl adjacent to an activating group) is 1. The van der Waals surface area contributed by atoms with Gasteiger partial charge in [0, 0.05) is 5.69 Å². The lowest BCUT2D eigenvalue weighted by molar-refractivity contribution is -0.904. The summed E-state index contributed by atoms with van der Waals surface area (Å²) in [7, 11) is 1.58. The van der Waals surface area contributed by atoms with E-state index in [1.165, 1.54) is 4.57 Å². The Kier molecular flexibility index (Phi) is 6.99. The Morgan fingerprint density at radius 2 is 1.87 bits per heavy atom. The molecule has 3 rings (SSSR count). The molecule has 1 aromatic heterocycles. The van der Waals surface area contributed by atoms with Gasteiger partial charge in [0.1, 0.15) is 18.8 Å². The molecule has 0 fully saturated rings. The second-order valence-corrected chi connectivity index (χ2v) is 7.14. The predicted molar refractivity (Wildman–Crippen MR) is 117 cm³/mol. The van der Waals surface area contributed by atoms with Gasteiger partial charge in [0.25, 0.3) is 11.5 Å². The third-order valence-electron chi connectivity index (χ3n) is 4.95. The van der Waals surface area contributed by atoms with Crippen molar-refractivity contribution in [1.29, 1.82) is 0 Å². The molecule has 0 saturated carbocycles. The van der Waals surface area contributed by atoms with E-state index in [4.69, 9.17) is 10.5 Å². The second kappa shape index (κ2) is 9.86. The number of anilines is 1. The summed E-state index contributed by atoms with van der Waals surface area (Å²) < 4.78 is 6.41. The fourth-order valence-corrected chi connectivity index (χ4v) is 3.31. The van der Waals surface area contributed by atoms with E-state index < -0.39 is 5.91 Å². The lowest BCUT2D eigenvalue weighted by atomic mass is 10.2. The van der Waals surface area contributed by atoms with E-state index in [0.29, 0.717) is 41.3 Å². The first kappa shape index (κ1) is 22.0. The molecule has 0 radical (unpaired) electrons. The number of benzene rings is 2. The van der Waals surface area contributed by atoms with Crippen LogP contribution in [0.15, 0.2) is 53.3 Å². The van der Waals surface area contributed by atoms with Crippen LogP contribution in [0.3, 0.4) is 0 Å². The van der Waals surface area contributed by atoms with Gasteiger partial charge in [-0.15, -0.1) is 0 Å². The number of aromatic nitrogens is 2. The summed E-state index contributed by atoms with van der Waals surface area (Å²) >= 11 is 0. The molecule has 9 nitrogen and oxygen atoms in total. The number of amides is 2. The molecule has 2 aromatic carbocycles. The maximum absolute atomic E-state index is 12.9. The van der Waals surface area contributed by atoms with Crippen LogP contribution in [0.2, 0.25) is 0 Å². The van der Waals surface area contributed by atoms with Crippen molar-refractivity contribution in [2.75, 3.05) is 25.5 Å². The summed E-state index contributed by atoms with van der Waals surface area (Å²) in [6, 6.07) is 14.0. The van der Waals surface area contributed by atoms with Crippen molar-refractivity contribution >= 4 is 28.4 Å². The number of nitrogens with zero attached hydrogens (tertiary/aromatic N) is 2. The Morgan fingerprint density at radius 1 is 1.16 bits per heavy atom. The molecular weight excluding hydrogens is 398 g/mol. The average Bonchev–Trinajstić information content (AvgIpc) is 2.76. The van der Waals surface area contributed by atoms with Crippen molar-refractivity contribution in [3.63, 3.8) is 0 Å². The van der Waals surface area contributed by atoms with Crippen LogP contribution in [0.25, 0.3) is 10.9 Å². The number of rotatable bonds is 9. The van der Waals surface area contributed by atoms with Gasteiger partial charge in [0.05, 0.1) is 24.6 Å². The summed E-state index contributed by atoms with van der Waals surface area (Å²) in [6.07, 6.45) is 0. The Balaban J connectivity index is 1.80. The van der Waals surface area contributed by atoms with Gasteiger partial charge in [0.15, 0.2) is 12.4 Å². The number of carbonyl (C=O) groups excluding carboxylic acids is 2. The number of primary amides is 1. The fraction of sp³-hybridized carbons (Fsp3) is 0.273. The van der Waals surface area contributed by atoms with Gasteiger partial charge in [-0.05, 0) is 43.3 Å². The molecule has 1 unspecified atom stereocenters. The molecule has 0 aliphatic heterocycles. The largest absolute Gasteiger partial charge is 0.497 e. The number of nitrogens with two attached hydrogens (primary N) is 1. The highest BCUT2D eigenvalue weighted by molar-refractivity contribution is 5.91. The minimum Gasteiger partial charge on any atom is -0.497 e.